The van der Waals surface area contributed by atoms with E-state index in [1.54, 1.807) is 6.92 Å². The minimum absolute atomic E-state index is 0.00428. The normalized spacial score (nSPS) is 17.3. The number of carboxylic acid groups (broad SMARTS) is 1. The summed E-state index contributed by atoms with van der Waals surface area (Å²) in [6.07, 6.45) is -6.58. The molecule has 2 N–H and O–H groups in total. The number of carbonyl (C=O) groups excluding carboxylic acids is 1. The van der Waals surface area contributed by atoms with Crippen LogP contribution in [0.5, 0.6) is 0 Å². The van der Waals surface area contributed by atoms with E-state index in [1.165, 1.54) is 43.4 Å². The number of rotatable bonds is 10. The molecule has 0 spiro atoms. The Morgan fingerprint density at radius 2 is 1.49 bits per heavy atom. The Morgan fingerprint density at radius 3 is 2.00 bits per heavy atom. The van der Waals surface area contributed by atoms with Crippen LogP contribution < -0.4 is 5.32 Å². The third kappa shape index (κ3) is 8.33. The number of halogens is 7. The molecule has 2 aromatic carbocycles. The number of nitrogens with zero attached hydrogens (tertiary/aromatic N) is 1. The summed E-state index contributed by atoms with van der Waals surface area (Å²) in [4.78, 5) is 25.9. The summed E-state index contributed by atoms with van der Waals surface area (Å²) in [5.41, 5.74) is -3.67. The molecule has 252 valence electrons. The zero-order valence-corrected chi connectivity index (χ0v) is 26.6. The third-order valence-electron chi connectivity index (χ3n) is 8.86. The lowest BCUT2D eigenvalue weighted by atomic mass is 9.78. The number of benzene rings is 2. The minimum Gasteiger partial charge on any atom is -0.481 e. The topological polar surface area (TPSA) is 90.2 Å². The van der Waals surface area contributed by atoms with E-state index < -0.39 is 58.6 Å². The first kappa shape index (κ1) is 35.9. The molecule has 1 aliphatic rings. The van der Waals surface area contributed by atoms with Crippen molar-refractivity contribution >= 4 is 28.8 Å². The van der Waals surface area contributed by atoms with Crippen LogP contribution in [0.2, 0.25) is 0 Å². The number of anilines is 1. The van der Waals surface area contributed by atoms with Crippen molar-refractivity contribution in [3.8, 4) is 16.5 Å². The summed E-state index contributed by atoms with van der Waals surface area (Å²) in [6.45, 7) is 3.63. The Kier molecular flexibility index (Phi) is 10.4. The molecule has 4 rings (SSSR count). The highest BCUT2D eigenvalue weighted by Gasteiger charge is 2.40. The Hall–Kier alpha value is -3.92. The zero-order chi connectivity index (χ0) is 34.9. The van der Waals surface area contributed by atoms with Crippen LogP contribution >= 0.6 is 11.3 Å². The van der Waals surface area contributed by atoms with Gasteiger partial charge in [-0.3, -0.25) is 9.59 Å². The van der Waals surface area contributed by atoms with Crippen molar-refractivity contribution in [1.82, 2.24) is 0 Å². The van der Waals surface area contributed by atoms with E-state index in [2.05, 4.69) is 11.4 Å². The third-order valence-corrected chi connectivity index (χ3v) is 10.1. The number of Topliss-reactive ketones (excluding diaryl/α,β-unsaturated/α-hetero) is 1. The summed E-state index contributed by atoms with van der Waals surface area (Å²) < 4.78 is 95.2. The van der Waals surface area contributed by atoms with Gasteiger partial charge in [0.15, 0.2) is 5.78 Å². The van der Waals surface area contributed by atoms with Gasteiger partial charge in [0.2, 0.25) is 0 Å². The van der Waals surface area contributed by atoms with Crippen LogP contribution in [0.15, 0.2) is 36.4 Å². The van der Waals surface area contributed by atoms with E-state index in [0.717, 1.165) is 25.7 Å². The van der Waals surface area contributed by atoms with E-state index in [4.69, 9.17) is 5.11 Å². The summed E-state index contributed by atoms with van der Waals surface area (Å²) in [7, 11) is 0. The Labute approximate surface area is 271 Å². The van der Waals surface area contributed by atoms with E-state index in [0.29, 0.717) is 39.4 Å². The van der Waals surface area contributed by atoms with Gasteiger partial charge in [0, 0.05) is 11.3 Å². The first-order chi connectivity index (χ1) is 21.8. The highest BCUT2D eigenvalue weighted by molar-refractivity contribution is 7.16. The van der Waals surface area contributed by atoms with Crippen LogP contribution in [-0.2, 0) is 33.8 Å². The number of thiophene rings is 1. The molecule has 0 radical (unpaired) electrons. The summed E-state index contributed by atoms with van der Waals surface area (Å²) in [5, 5.41) is 22.3. The second-order valence-electron chi connectivity index (χ2n) is 12.6. The van der Waals surface area contributed by atoms with E-state index in [9.17, 15) is 45.6 Å². The number of aliphatic carboxylic acids is 1. The van der Waals surface area contributed by atoms with E-state index >= 15 is 0 Å². The van der Waals surface area contributed by atoms with Crippen molar-refractivity contribution in [2.24, 2.45) is 11.8 Å². The van der Waals surface area contributed by atoms with Crippen molar-refractivity contribution < 1.29 is 45.4 Å². The fourth-order valence-corrected chi connectivity index (χ4v) is 7.43. The van der Waals surface area contributed by atoms with Crippen molar-refractivity contribution in [2.45, 2.75) is 77.1 Å². The molecular weight excluding hydrogens is 649 g/mol. The predicted octanol–water partition coefficient (Wildman–Crippen LogP) is 9.55. The molecule has 0 aliphatic heterocycles. The highest BCUT2D eigenvalue weighted by Crippen LogP contribution is 2.45. The molecule has 0 bridgehead atoms. The van der Waals surface area contributed by atoms with Crippen LogP contribution in [0.3, 0.4) is 0 Å². The van der Waals surface area contributed by atoms with Gasteiger partial charge in [-0.05, 0) is 112 Å². The van der Waals surface area contributed by atoms with E-state index in [-0.39, 0.29) is 35.6 Å². The summed E-state index contributed by atoms with van der Waals surface area (Å²) in [5.74, 6) is -1.80. The number of carboxylic acids is 1. The lowest BCUT2D eigenvalue weighted by Gasteiger charge is -2.27. The lowest BCUT2D eigenvalue weighted by molar-refractivity contribution is -0.143. The van der Waals surface area contributed by atoms with Crippen molar-refractivity contribution in [2.75, 3.05) is 11.9 Å². The van der Waals surface area contributed by atoms with Gasteiger partial charge in [-0.1, -0.05) is 6.07 Å². The Bertz CT molecular complexity index is 1660. The minimum atomic E-state index is -5.08. The fraction of sp³-hybridized carbons (Fsp3) is 0.441. The molecule has 3 aromatic rings. The average Bonchev–Trinajstić information content (AvgIpc) is 3.31. The molecule has 1 aliphatic carbocycles. The van der Waals surface area contributed by atoms with Gasteiger partial charge in [0.1, 0.15) is 11.9 Å². The molecule has 13 heteroatoms. The number of alkyl halides is 6. The quantitative estimate of drug-likeness (QED) is 0.208. The molecule has 47 heavy (non-hydrogen) atoms. The van der Waals surface area contributed by atoms with Gasteiger partial charge >= 0.3 is 18.3 Å². The number of hydrogen-bond acceptors (Lipinski definition) is 5. The van der Waals surface area contributed by atoms with Gasteiger partial charge in [-0.25, -0.2) is 4.39 Å². The first-order valence-corrected chi connectivity index (χ1v) is 15.7. The second kappa shape index (κ2) is 13.7. The standard InChI is InChI=1S/C34H33F7N2O3S/c1-18-10-24(35)8-9-25(18)31-30(26(16-42)27(47-31)11-19-4-6-20(7-5-19)12-29(45)46)43-17-28(44)32(2,3)21-13-22(33(36,37)38)15-23(14-21)34(39,40)41/h8-10,13-15,19-20,43H,4-7,11-12,17H2,1-3H3,(H,45,46). The second-order valence-corrected chi connectivity index (χ2v) is 13.7. The van der Waals surface area contributed by atoms with Crippen LogP contribution in [0.4, 0.5) is 36.4 Å². The number of ketones is 1. The molecule has 1 fully saturated rings. The lowest BCUT2D eigenvalue weighted by Crippen LogP contribution is -2.35. The Balaban J connectivity index is 1.67. The maximum atomic E-state index is 14.0. The molecule has 0 unspecified atom stereocenters. The molecule has 1 heterocycles. The smallest absolute Gasteiger partial charge is 0.416 e. The van der Waals surface area contributed by atoms with Crippen LogP contribution in [0, 0.1) is 35.9 Å². The summed E-state index contributed by atoms with van der Waals surface area (Å²) >= 11 is 1.29. The van der Waals surface area contributed by atoms with Gasteiger partial charge in [0.25, 0.3) is 0 Å². The molecular formula is C34H33F7N2O3S. The molecule has 0 atom stereocenters. The maximum absolute atomic E-state index is 14.0. The fourth-order valence-electron chi connectivity index (χ4n) is 6.00. The van der Waals surface area contributed by atoms with Gasteiger partial charge in [-0.2, -0.15) is 31.6 Å². The SMILES string of the molecule is Cc1cc(F)ccc1-c1sc(CC2CCC(CC(=O)O)CC2)c(C#N)c1NCC(=O)C(C)(C)c1cc(C(F)(F)F)cc(C(F)(F)F)c1. The van der Waals surface area contributed by atoms with Gasteiger partial charge < -0.3 is 10.4 Å². The van der Waals surface area contributed by atoms with Gasteiger partial charge in [-0.15, -0.1) is 11.3 Å². The highest BCUT2D eigenvalue weighted by atomic mass is 32.1. The molecule has 5 nitrogen and oxygen atoms in total. The van der Waals surface area contributed by atoms with Crippen LogP contribution in [-0.4, -0.2) is 23.4 Å². The largest absolute Gasteiger partial charge is 0.481 e. The first-order valence-electron chi connectivity index (χ1n) is 14.9. The van der Waals surface area contributed by atoms with Crippen LogP contribution in [0.25, 0.3) is 10.4 Å². The Morgan fingerprint density at radius 1 is 0.936 bits per heavy atom. The van der Waals surface area contributed by atoms with Gasteiger partial charge in [0.05, 0.1) is 39.2 Å². The van der Waals surface area contributed by atoms with E-state index in [1.807, 2.05) is 0 Å². The predicted molar refractivity (Wildman–Crippen MR) is 164 cm³/mol. The van der Waals surface area contributed by atoms with Crippen molar-refractivity contribution in [1.29, 1.82) is 5.26 Å². The number of nitrogens with one attached hydrogen (secondary N) is 1. The monoisotopic (exact) mass is 682 g/mol. The van der Waals surface area contributed by atoms with Crippen molar-refractivity contribution in [3.05, 3.63) is 74.9 Å². The molecule has 1 saturated carbocycles. The molecule has 0 saturated heterocycles. The maximum Gasteiger partial charge on any atom is 0.416 e. The average molecular weight is 683 g/mol. The number of nitriles is 1. The van der Waals surface area contributed by atoms with Crippen molar-refractivity contribution in [3.63, 3.8) is 0 Å². The number of hydrogen-bond donors (Lipinski definition) is 2. The van der Waals surface area contributed by atoms with Crippen LogP contribution in [0.1, 0.15) is 78.6 Å². The molecule has 0 amide bonds. The molecule has 1 aromatic heterocycles. The number of aryl methyl sites for hydroxylation is 1. The summed E-state index contributed by atoms with van der Waals surface area (Å²) in [6, 6.07) is 7.37. The number of carbonyl (C=O) groups is 2. The zero-order valence-electron chi connectivity index (χ0n) is 25.8.